The predicted molar refractivity (Wildman–Crippen MR) is 57.8 cm³/mol. The van der Waals surface area contributed by atoms with Gasteiger partial charge in [-0.05, 0) is 30.5 Å². The van der Waals surface area contributed by atoms with Gasteiger partial charge in [0.05, 0.1) is 0 Å². The first-order valence-corrected chi connectivity index (χ1v) is 4.74. The zero-order valence-electron chi connectivity index (χ0n) is 7.54. The van der Waals surface area contributed by atoms with Gasteiger partial charge in [-0.1, -0.05) is 29.8 Å². The summed E-state index contributed by atoms with van der Waals surface area (Å²) in [6, 6.07) is 7.76. The standard InChI is InChI=1S/C11H14ClN/c1-2-3-4-11(13)9-5-7-10(12)8-6-9/h2,5-8,11H,1,3-4,13H2/t11-/m1/s1. The van der Waals surface area contributed by atoms with Gasteiger partial charge in [0.25, 0.3) is 0 Å². The van der Waals surface area contributed by atoms with E-state index in [1.807, 2.05) is 30.3 Å². The normalized spacial score (nSPS) is 12.5. The molecule has 0 fully saturated rings. The van der Waals surface area contributed by atoms with Crippen LogP contribution in [0.5, 0.6) is 0 Å². The van der Waals surface area contributed by atoms with Crippen LogP contribution < -0.4 is 5.73 Å². The van der Waals surface area contributed by atoms with Crippen LogP contribution in [0, 0.1) is 0 Å². The minimum absolute atomic E-state index is 0.0928. The van der Waals surface area contributed by atoms with E-state index in [4.69, 9.17) is 17.3 Å². The fourth-order valence-electron chi connectivity index (χ4n) is 1.17. The Bertz CT molecular complexity index is 266. The quantitative estimate of drug-likeness (QED) is 0.733. The highest BCUT2D eigenvalue weighted by Gasteiger charge is 2.03. The first kappa shape index (κ1) is 10.3. The van der Waals surface area contributed by atoms with E-state index in [9.17, 15) is 0 Å². The Labute approximate surface area is 84.2 Å². The van der Waals surface area contributed by atoms with Crippen molar-refractivity contribution >= 4 is 11.6 Å². The van der Waals surface area contributed by atoms with Crippen molar-refractivity contribution in [1.29, 1.82) is 0 Å². The first-order valence-electron chi connectivity index (χ1n) is 4.36. The maximum absolute atomic E-state index is 5.94. The van der Waals surface area contributed by atoms with Crippen LogP contribution in [0.3, 0.4) is 0 Å². The Morgan fingerprint density at radius 1 is 1.38 bits per heavy atom. The molecule has 0 radical (unpaired) electrons. The molecular formula is C11H14ClN. The summed E-state index contributed by atoms with van der Waals surface area (Å²) in [5.41, 5.74) is 7.07. The summed E-state index contributed by atoms with van der Waals surface area (Å²) >= 11 is 5.76. The number of benzene rings is 1. The van der Waals surface area contributed by atoms with E-state index in [2.05, 4.69) is 6.58 Å². The molecule has 0 aromatic heterocycles. The second kappa shape index (κ2) is 5.05. The van der Waals surface area contributed by atoms with Crippen LogP contribution in [-0.4, -0.2) is 0 Å². The molecular weight excluding hydrogens is 182 g/mol. The number of hydrogen-bond acceptors (Lipinski definition) is 1. The van der Waals surface area contributed by atoms with Gasteiger partial charge in [0.15, 0.2) is 0 Å². The lowest BCUT2D eigenvalue weighted by Crippen LogP contribution is -2.09. The molecule has 0 aliphatic carbocycles. The van der Waals surface area contributed by atoms with E-state index >= 15 is 0 Å². The van der Waals surface area contributed by atoms with Crippen LogP contribution in [0.4, 0.5) is 0 Å². The van der Waals surface area contributed by atoms with Gasteiger partial charge in [-0.25, -0.2) is 0 Å². The molecule has 1 aromatic rings. The zero-order chi connectivity index (χ0) is 9.68. The predicted octanol–water partition coefficient (Wildman–Crippen LogP) is 3.31. The molecule has 2 N–H and O–H groups in total. The molecule has 0 saturated heterocycles. The second-order valence-corrected chi connectivity index (χ2v) is 3.46. The third-order valence-electron chi connectivity index (χ3n) is 1.98. The Kier molecular flexibility index (Phi) is 4.00. The fraction of sp³-hybridized carbons (Fsp3) is 0.273. The molecule has 0 amide bonds. The van der Waals surface area contributed by atoms with Crippen molar-refractivity contribution < 1.29 is 0 Å². The molecule has 0 heterocycles. The highest BCUT2D eigenvalue weighted by Crippen LogP contribution is 2.18. The summed E-state index contributed by atoms with van der Waals surface area (Å²) in [4.78, 5) is 0. The average molecular weight is 196 g/mol. The Balaban J connectivity index is 2.60. The largest absolute Gasteiger partial charge is 0.324 e. The summed E-state index contributed by atoms with van der Waals surface area (Å²) in [5, 5.41) is 0.750. The molecule has 70 valence electrons. The third kappa shape index (κ3) is 3.21. The molecule has 0 unspecified atom stereocenters. The molecule has 1 rings (SSSR count). The van der Waals surface area contributed by atoms with E-state index < -0.39 is 0 Å². The van der Waals surface area contributed by atoms with Crippen LogP contribution in [0.2, 0.25) is 5.02 Å². The Morgan fingerprint density at radius 3 is 2.54 bits per heavy atom. The van der Waals surface area contributed by atoms with Gasteiger partial charge < -0.3 is 5.73 Å². The van der Waals surface area contributed by atoms with E-state index in [0.717, 1.165) is 23.4 Å². The van der Waals surface area contributed by atoms with E-state index in [1.54, 1.807) is 0 Å². The lowest BCUT2D eigenvalue weighted by atomic mass is 10.0. The summed E-state index contributed by atoms with van der Waals surface area (Å²) in [7, 11) is 0. The number of halogens is 1. The number of rotatable bonds is 4. The highest BCUT2D eigenvalue weighted by molar-refractivity contribution is 6.30. The lowest BCUT2D eigenvalue weighted by molar-refractivity contribution is 0.661. The van der Waals surface area contributed by atoms with Crippen LogP contribution in [-0.2, 0) is 0 Å². The molecule has 1 nitrogen and oxygen atoms in total. The van der Waals surface area contributed by atoms with Crippen molar-refractivity contribution in [3.63, 3.8) is 0 Å². The van der Waals surface area contributed by atoms with Crippen LogP contribution in [0.15, 0.2) is 36.9 Å². The summed E-state index contributed by atoms with van der Waals surface area (Å²) in [6.07, 6.45) is 3.77. The van der Waals surface area contributed by atoms with Crippen molar-refractivity contribution in [2.45, 2.75) is 18.9 Å². The fourth-order valence-corrected chi connectivity index (χ4v) is 1.30. The van der Waals surface area contributed by atoms with Crippen molar-refractivity contribution in [3.05, 3.63) is 47.5 Å². The Morgan fingerprint density at radius 2 is 2.00 bits per heavy atom. The summed E-state index contributed by atoms with van der Waals surface area (Å²) in [6.45, 7) is 3.66. The minimum Gasteiger partial charge on any atom is -0.324 e. The molecule has 0 aliphatic heterocycles. The maximum Gasteiger partial charge on any atom is 0.0406 e. The van der Waals surface area contributed by atoms with Crippen LogP contribution >= 0.6 is 11.6 Å². The van der Waals surface area contributed by atoms with Crippen molar-refractivity contribution in [2.24, 2.45) is 5.73 Å². The second-order valence-electron chi connectivity index (χ2n) is 3.02. The maximum atomic E-state index is 5.94. The molecule has 0 saturated carbocycles. The molecule has 2 heteroatoms. The zero-order valence-corrected chi connectivity index (χ0v) is 8.30. The van der Waals surface area contributed by atoms with Gasteiger partial charge in [-0.15, -0.1) is 6.58 Å². The molecule has 0 bridgehead atoms. The monoisotopic (exact) mass is 195 g/mol. The smallest absolute Gasteiger partial charge is 0.0406 e. The average Bonchev–Trinajstić information content (AvgIpc) is 2.15. The first-order chi connectivity index (χ1) is 6.24. The SMILES string of the molecule is C=CCC[C@@H](N)c1ccc(Cl)cc1. The van der Waals surface area contributed by atoms with Gasteiger partial charge in [0, 0.05) is 11.1 Å². The molecule has 0 aliphatic rings. The Hall–Kier alpha value is -0.790. The van der Waals surface area contributed by atoms with Gasteiger partial charge in [-0.3, -0.25) is 0 Å². The van der Waals surface area contributed by atoms with E-state index in [-0.39, 0.29) is 6.04 Å². The minimum atomic E-state index is 0.0928. The van der Waals surface area contributed by atoms with Gasteiger partial charge in [-0.2, -0.15) is 0 Å². The lowest BCUT2D eigenvalue weighted by Gasteiger charge is -2.10. The van der Waals surface area contributed by atoms with E-state index in [1.165, 1.54) is 0 Å². The van der Waals surface area contributed by atoms with Crippen LogP contribution in [0.1, 0.15) is 24.4 Å². The number of hydrogen-bond donors (Lipinski definition) is 1. The highest BCUT2D eigenvalue weighted by atomic mass is 35.5. The summed E-state index contributed by atoms with van der Waals surface area (Å²) in [5.74, 6) is 0. The van der Waals surface area contributed by atoms with Gasteiger partial charge in [0.2, 0.25) is 0 Å². The number of allylic oxidation sites excluding steroid dienone is 1. The molecule has 0 spiro atoms. The van der Waals surface area contributed by atoms with Gasteiger partial charge >= 0.3 is 0 Å². The molecule has 1 aromatic carbocycles. The van der Waals surface area contributed by atoms with E-state index in [0.29, 0.717) is 0 Å². The van der Waals surface area contributed by atoms with Crippen molar-refractivity contribution in [1.82, 2.24) is 0 Å². The van der Waals surface area contributed by atoms with Crippen molar-refractivity contribution in [3.8, 4) is 0 Å². The third-order valence-corrected chi connectivity index (χ3v) is 2.23. The van der Waals surface area contributed by atoms with Crippen LogP contribution in [0.25, 0.3) is 0 Å². The van der Waals surface area contributed by atoms with Crippen molar-refractivity contribution in [2.75, 3.05) is 0 Å². The summed E-state index contributed by atoms with van der Waals surface area (Å²) < 4.78 is 0. The topological polar surface area (TPSA) is 26.0 Å². The number of nitrogens with two attached hydrogens (primary N) is 1. The molecule has 13 heavy (non-hydrogen) atoms. The van der Waals surface area contributed by atoms with Gasteiger partial charge in [0.1, 0.15) is 0 Å². The molecule has 1 atom stereocenters.